The first kappa shape index (κ1) is 22.0. The summed E-state index contributed by atoms with van der Waals surface area (Å²) in [5, 5.41) is 3.68. The fourth-order valence-electron chi connectivity index (χ4n) is 5.99. The molecule has 6 rings (SSSR count). The Morgan fingerprint density at radius 1 is 1.18 bits per heavy atom. The molecular weight excluding hydrogens is 485 g/mol. The van der Waals surface area contributed by atoms with Gasteiger partial charge in [0.1, 0.15) is 12.3 Å². The number of thiazole rings is 1. The van der Waals surface area contributed by atoms with E-state index in [-0.39, 0.29) is 23.0 Å². The molecule has 178 valence electrons. The van der Waals surface area contributed by atoms with Crippen molar-refractivity contribution in [1.82, 2.24) is 4.57 Å². The van der Waals surface area contributed by atoms with Gasteiger partial charge in [-0.2, -0.15) is 13.2 Å². The number of fused-ring (bicyclic) bond motifs is 6. The average Bonchev–Trinajstić information content (AvgIpc) is 3.58. The Bertz CT molecular complexity index is 1300. The van der Waals surface area contributed by atoms with E-state index in [1.54, 1.807) is 18.0 Å². The molecule has 4 unspecified atom stereocenters. The van der Waals surface area contributed by atoms with Crippen LogP contribution in [0.2, 0.25) is 0 Å². The zero-order chi connectivity index (χ0) is 23.6. The van der Waals surface area contributed by atoms with Crippen LogP contribution < -0.4 is 10.2 Å². The van der Waals surface area contributed by atoms with E-state index in [2.05, 4.69) is 5.32 Å². The molecule has 5 nitrogen and oxygen atoms in total. The van der Waals surface area contributed by atoms with E-state index in [1.165, 1.54) is 36.0 Å². The molecular formula is C24H21F3N2O3S2. The van der Waals surface area contributed by atoms with Gasteiger partial charge in [-0.15, -0.1) is 11.8 Å². The predicted molar refractivity (Wildman–Crippen MR) is 123 cm³/mol. The van der Waals surface area contributed by atoms with Crippen LogP contribution in [0.15, 0.2) is 56.9 Å². The van der Waals surface area contributed by atoms with Gasteiger partial charge < -0.3 is 9.73 Å². The number of furan rings is 1. The lowest BCUT2D eigenvalue weighted by molar-refractivity contribution is -0.137. The number of thioether (sulfide) groups is 1. The molecule has 2 bridgehead atoms. The van der Waals surface area contributed by atoms with Crippen molar-refractivity contribution in [2.45, 2.75) is 48.2 Å². The van der Waals surface area contributed by atoms with Gasteiger partial charge in [0, 0.05) is 10.9 Å². The first-order valence-corrected chi connectivity index (χ1v) is 12.9. The molecule has 2 saturated carbocycles. The Hall–Kier alpha value is -2.46. The molecule has 2 aromatic heterocycles. The number of carbonyl (C=O) groups is 1. The molecule has 1 aliphatic heterocycles. The summed E-state index contributed by atoms with van der Waals surface area (Å²) in [4.78, 5) is 26.5. The molecule has 2 fully saturated rings. The van der Waals surface area contributed by atoms with Crippen molar-refractivity contribution in [3.63, 3.8) is 0 Å². The summed E-state index contributed by atoms with van der Waals surface area (Å²) in [6.45, 7) is -0.246. The predicted octanol–water partition coefficient (Wildman–Crippen LogP) is 5.81. The van der Waals surface area contributed by atoms with Crippen LogP contribution in [0.4, 0.5) is 18.9 Å². The van der Waals surface area contributed by atoms with Crippen LogP contribution in [0.3, 0.4) is 0 Å². The number of halogens is 3. The van der Waals surface area contributed by atoms with Gasteiger partial charge in [0.2, 0.25) is 5.91 Å². The summed E-state index contributed by atoms with van der Waals surface area (Å²) in [5.74, 6) is 1.93. The summed E-state index contributed by atoms with van der Waals surface area (Å²) in [6.07, 6.45) is 0.728. The molecule has 0 spiro atoms. The maximum Gasteiger partial charge on any atom is 0.416 e. The van der Waals surface area contributed by atoms with Gasteiger partial charge in [-0.3, -0.25) is 14.2 Å². The number of amides is 1. The van der Waals surface area contributed by atoms with E-state index in [1.807, 2.05) is 12.1 Å². The topological polar surface area (TPSA) is 64.2 Å². The quantitative estimate of drug-likeness (QED) is 0.485. The summed E-state index contributed by atoms with van der Waals surface area (Å²) < 4.78 is 46.3. The highest BCUT2D eigenvalue weighted by atomic mass is 32.2. The zero-order valence-electron chi connectivity index (χ0n) is 17.9. The SMILES string of the molecule is O=C(Cn1c2c(sc1=O)[C@@H](c1ccco1)C1C3CCC(C3)C1S2)Nc1cccc(C(F)(F)F)c1. The van der Waals surface area contributed by atoms with Gasteiger partial charge in [-0.1, -0.05) is 17.4 Å². The normalized spacial score (nSPS) is 27.4. The van der Waals surface area contributed by atoms with Gasteiger partial charge in [0.05, 0.1) is 27.6 Å². The highest BCUT2D eigenvalue weighted by Gasteiger charge is 2.56. The largest absolute Gasteiger partial charge is 0.469 e. The van der Waals surface area contributed by atoms with Crippen LogP contribution in [0, 0.1) is 17.8 Å². The zero-order valence-corrected chi connectivity index (χ0v) is 19.5. The number of hydrogen-bond donors (Lipinski definition) is 1. The molecule has 1 N–H and O–H groups in total. The molecule has 3 aromatic rings. The summed E-state index contributed by atoms with van der Waals surface area (Å²) in [6, 6.07) is 8.32. The first-order chi connectivity index (χ1) is 16.3. The summed E-state index contributed by atoms with van der Waals surface area (Å²) >= 11 is 2.85. The van der Waals surface area contributed by atoms with Crippen molar-refractivity contribution in [2.75, 3.05) is 5.32 Å². The number of nitrogens with one attached hydrogen (secondary N) is 1. The number of alkyl halides is 3. The van der Waals surface area contributed by atoms with E-state index >= 15 is 0 Å². The lowest BCUT2D eigenvalue weighted by Gasteiger charge is -2.39. The standard InChI is InChI=1S/C24H21F3N2O3S2/c25-24(26,27)14-3-1-4-15(10-14)28-17(30)11-29-22-21(34-23(29)31)19(16-5-2-8-32-16)18-12-6-7-13(9-12)20(18)33-22/h1-5,8,10,12-13,18-20H,6-7,9,11H2,(H,28,30)/t12?,13?,18?,19-,20?/m0/s1. The van der Waals surface area contributed by atoms with Crippen molar-refractivity contribution in [2.24, 2.45) is 17.8 Å². The van der Waals surface area contributed by atoms with Crippen LogP contribution in [0.5, 0.6) is 0 Å². The fraction of sp³-hybridized carbons (Fsp3) is 0.417. The van der Waals surface area contributed by atoms with E-state index in [4.69, 9.17) is 4.42 Å². The molecule has 3 heterocycles. The second-order valence-electron chi connectivity index (χ2n) is 9.24. The number of rotatable bonds is 4. The number of hydrogen-bond acceptors (Lipinski definition) is 5. The highest BCUT2D eigenvalue weighted by molar-refractivity contribution is 8.00. The molecule has 34 heavy (non-hydrogen) atoms. The summed E-state index contributed by atoms with van der Waals surface area (Å²) in [5.41, 5.74) is -0.791. The molecule has 1 amide bonds. The Morgan fingerprint density at radius 3 is 2.76 bits per heavy atom. The van der Waals surface area contributed by atoms with Crippen molar-refractivity contribution < 1.29 is 22.4 Å². The van der Waals surface area contributed by atoms with E-state index in [0.717, 1.165) is 39.1 Å². The van der Waals surface area contributed by atoms with Crippen LogP contribution in [0.1, 0.15) is 41.4 Å². The van der Waals surface area contributed by atoms with Crippen molar-refractivity contribution >= 4 is 34.7 Å². The first-order valence-electron chi connectivity index (χ1n) is 11.2. The average molecular weight is 507 g/mol. The van der Waals surface area contributed by atoms with E-state index in [9.17, 15) is 22.8 Å². The maximum atomic E-state index is 13.0. The van der Waals surface area contributed by atoms with Gasteiger partial charge in [-0.05, 0) is 67.3 Å². The number of anilines is 1. The van der Waals surface area contributed by atoms with Crippen LogP contribution in [0.25, 0.3) is 0 Å². The van der Waals surface area contributed by atoms with E-state index in [0.29, 0.717) is 23.0 Å². The summed E-state index contributed by atoms with van der Waals surface area (Å²) in [7, 11) is 0. The maximum absolute atomic E-state index is 13.0. The number of carbonyl (C=O) groups excluding carboxylic acids is 1. The molecule has 5 atom stereocenters. The third-order valence-corrected chi connectivity index (χ3v) is 10.1. The van der Waals surface area contributed by atoms with Crippen LogP contribution in [-0.2, 0) is 17.5 Å². The lowest BCUT2D eigenvalue weighted by atomic mass is 9.77. The Morgan fingerprint density at radius 2 is 2.00 bits per heavy atom. The third-order valence-electron chi connectivity index (χ3n) is 7.32. The monoisotopic (exact) mass is 506 g/mol. The Kier molecular flexibility index (Phi) is 5.22. The molecule has 1 aromatic carbocycles. The van der Waals surface area contributed by atoms with Gasteiger partial charge >= 0.3 is 11.0 Å². The van der Waals surface area contributed by atoms with Crippen LogP contribution in [-0.4, -0.2) is 15.7 Å². The fourth-order valence-corrected chi connectivity index (χ4v) is 9.12. The molecule has 3 aliphatic rings. The smallest absolute Gasteiger partial charge is 0.416 e. The molecule has 0 saturated heterocycles. The Labute approximate surface area is 201 Å². The van der Waals surface area contributed by atoms with Gasteiger partial charge in [0.25, 0.3) is 0 Å². The van der Waals surface area contributed by atoms with Crippen molar-refractivity contribution in [3.05, 3.63) is 68.5 Å². The van der Waals surface area contributed by atoms with Crippen LogP contribution >= 0.6 is 23.1 Å². The minimum Gasteiger partial charge on any atom is -0.469 e. The highest BCUT2D eigenvalue weighted by Crippen LogP contribution is 2.64. The number of benzene rings is 1. The Balaban J connectivity index is 1.31. The second kappa shape index (κ2) is 8.05. The second-order valence-corrected chi connectivity index (χ2v) is 11.4. The lowest BCUT2D eigenvalue weighted by Crippen LogP contribution is -2.34. The number of nitrogens with zero attached hydrogens (tertiary/aromatic N) is 1. The van der Waals surface area contributed by atoms with E-state index < -0.39 is 17.6 Å². The third kappa shape index (κ3) is 3.62. The number of aromatic nitrogens is 1. The minimum atomic E-state index is -4.50. The van der Waals surface area contributed by atoms with Gasteiger partial charge in [0.15, 0.2) is 0 Å². The minimum absolute atomic E-state index is 0.00275. The van der Waals surface area contributed by atoms with Crippen molar-refractivity contribution in [3.8, 4) is 0 Å². The molecule has 0 radical (unpaired) electrons. The molecule has 2 aliphatic carbocycles. The van der Waals surface area contributed by atoms with Crippen molar-refractivity contribution in [1.29, 1.82) is 0 Å². The molecule has 10 heteroatoms. The van der Waals surface area contributed by atoms with Gasteiger partial charge in [-0.25, -0.2) is 0 Å².